The SMILES string of the molecule is C=CC(=O)N1CCN(c2nc(=O)n(-c3c(C)ccnc3P(C)(C)=O)c3cc(-c4c(O)cccc4F)c(F)cc23)[C@@H](C)C1. The Balaban J connectivity index is 1.86. The first-order valence-electron chi connectivity index (χ1n) is 13.3. The molecule has 3 heterocycles. The van der Waals surface area contributed by atoms with E-state index in [1.54, 1.807) is 17.9 Å². The minimum atomic E-state index is -3.04. The van der Waals surface area contributed by atoms with Gasteiger partial charge in [-0.05, 0) is 69.1 Å². The number of hydrogen-bond donors (Lipinski definition) is 1. The molecule has 42 heavy (non-hydrogen) atoms. The zero-order valence-corrected chi connectivity index (χ0v) is 24.5. The summed E-state index contributed by atoms with van der Waals surface area (Å²) in [6.07, 6.45) is 2.73. The number of pyridine rings is 1. The van der Waals surface area contributed by atoms with Crippen LogP contribution in [-0.4, -0.2) is 69.5 Å². The summed E-state index contributed by atoms with van der Waals surface area (Å²) in [5, 5.41) is 10.7. The Morgan fingerprint density at radius 1 is 1.17 bits per heavy atom. The molecule has 2 aromatic heterocycles. The van der Waals surface area contributed by atoms with Crippen LogP contribution in [0.1, 0.15) is 12.5 Å². The summed E-state index contributed by atoms with van der Waals surface area (Å²) in [7, 11) is -3.04. The zero-order chi connectivity index (χ0) is 30.5. The first-order valence-corrected chi connectivity index (χ1v) is 15.9. The standard InChI is InChI=1S/C30H30F2N5O4P/c1-6-25(39)35-12-13-36(18(3)16-35)28-20-14-22(32)19(26-21(31)8-7-9-24(26)38)15-23(20)37(30(40)34-28)27-17(2)10-11-33-29(27)42(4,5)41/h6-11,14-15,18,38H,1,12-13,16H2,2-5H3/t18-/m0/s1. The van der Waals surface area contributed by atoms with Gasteiger partial charge in [0.25, 0.3) is 0 Å². The molecule has 1 N–H and O–H groups in total. The van der Waals surface area contributed by atoms with E-state index in [0.29, 0.717) is 25.2 Å². The van der Waals surface area contributed by atoms with Gasteiger partial charge in [0.05, 0.1) is 16.8 Å². The Kier molecular flexibility index (Phi) is 7.49. The average Bonchev–Trinajstić information content (AvgIpc) is 2.92. The lowest BCUT2D eigenvalue weighted by Crippen LogP contribution is -2.54. The maximum absolute atomic E-state index is 15.9. The molecule has 1 aliphatic rings. The molecule has 218 valence electrons. The number of aromatic hydroxyl groups is 1. The highest BCUT2D eigenvalue weighted by Gasteiger charge is 2.31. The molecule has 1 atom stereocenters. The highest BCUT2D eigenvalue weighted by atomic mass is 31.2. The third-order valence-electron chi connectivity index (χ3n) is 7.45. The van der Waals surface area contributed by atoms with Gasteiger partial charge < -0.3 is 19.5 Å². The minimum absolute atomic E-state index is 0.159. The highest BCUT2D eigenvalue weighted by Crippen LogP contribution is 2.40. The van der Waals surface area contributed by atoms with E-state index < -0.39 is 30.2 Å². The van der Waals surface area contributed by atoms with Crippen molar-refractivity contribution in [1.82, 2.24) is 19.4 Å². The third kappa shape index (κ3) is 4.98. The van der Waals surface area contributed by atoms with E-state index in [2.05, 4.69) is 16.5 Å². The van der Waals surface area contributed by atoms with E-state index in [0.717, 1.165) is 12.1 Å². The zero-order valence-electron chi connectivity index (χ0n) is 23.6. The number of fused-ring (bicyclic) bond motifs is 1. The summed E-state index contributed by atoms with van der Waals surface area (Å²) in [4.78, 5) is 38.3. The van der Waals surface area contributed by atoms with Crippen LogP contribution < -0.4 is 16.0 Å². The van der Waals surface area contributed by atoms with Crippen molar-refractivity contribution >= 4 is 35.2 Å². The summed E-state index contributed by atoms with van der Waals surface area (Å²) in [6, 6.07) is 7.46. The van der Waals surface area contributed by atoms with Crippen molar-refractivity contribution in [2.24, 2.45) is 0 Å². The topological polar surface area (TPSA) is 109 Å². The second-order valence-corrected chi connectivity index (χ2v) is 13.8. The minimum Gasteiger partial charge on any atom is -0.507 e. The lowest BCUT2D eigenvalue weighted by atomic mass is 10.0. The third-order valence-corrected chi connectivity index (χ3v) is 8.79. The van der Waals surface area contributed by atoms with Crippen LogP contribution >= 0.6 is 7.14 Å². The second kappa shape index (κ2) is 10.8. The van der Waals surface area contributed by atoms with Crippen LogP contribution in [0.5, 0.6) is 5.75 Å². The molecule has 12 heteroatoms. The summed E-state index contributed by atoms with van der Waals surface area (Å²) >= 11 is 0. The van der Waals surface area contributed by atoms with Gasteiger partial charge in [0, 0.05) is 42.8 Å². The van der Waals surface area contributed by atoms with Crippen LogP contribution in [-0.2, 0) is 9.36 Å². The summed E-state index contributed by atoms with van der Waals surface area (Å²) in [5.74, 6) is -2.20. The fourth-order valence-corrected chi connectivity index (χ4v) is 6.58. The van der Waals surface area contributed by atoms with Crippen LogP contribution in [0, 0.1) is 18.6 Å². The number of benzene rings is 2. The van der Waals surface area contributed by atoms with Crippen molar-refractivity contribution in [1.29, 1.82) is 0 Å². The number of carbonyl (C=O) groups is 1. The number of anilines is 1. The molecule has 0 aliphatic carbocycles. The lowest BCUT2D eigenvalue weighted by molar-refractivity contribution is -0.126. The monoisotopic (exact) mass is 593 g/mol. The van der Waals surface area contributed by atoms with Gasteiger partial charge >= 0.3 is 5.69 Å². The molecule has 0 saturated carbocycles. The van der Waals surface area contributed by atoms with Gasteiger partial charge in [-0.3, -0.25) is 14.3 Å². The van der Waals surface area contributed by atoms with Gasteiger partial charge in [-0.25, -0.2) is 13.6 Å². The average molecular weight is 594 g/mol. The van der Waals surface area contributed by atoms with Crippen LogP contribution in [0.25, 0.3) is 27.7 Å². The van der Waals surface area contributed by atoms with Crippen molar-refractivity contribution in [3.8, 4) is 22.6 Å². The molecule has 2 aromatic carbocycles. The smallest absolute Gasteiger partial charge is 0.354 e. The van der Waals surface area contributed by atoms with E-state index in [1.165, 1.54) is 48.4 Å². The molecular weight excluding hydrogens is 563 g/mol. The molecule has 9 nitrogen and oxygen atoms in total. The first-order chi connectivity index (χ1) is 19.8. The second-order valence-electron chi connectivity index (χ2n) is 10.7. The van der Waals surface area contributed by atoms with Gasteiger partial charge in [0.2, 0.25) is 5.91 Å². The number of halogens is 2. The van der Waals surface area contributed by atoms with Crippen molar-refractivity contribution in [2.45, 2.75) is 19.9 Å². The number of aryl methyl sites for hydroxylation is 1. The van der Waals surface area contributed by atoms with Crippen LogP contribution in [0.2, 0.25) is 0 Å². The number of piperazine rings is 1. The Bertz CT molecular complexity index is 1850. The number of aromatic nitrogens is 3. The molecule has 1 saturated heterocycles. The predicted octanol–water partition coefficient (Wildman–Crippen LogP) is 4.21. The van der Waals surface area contributed by atoms with Crippen molar-refractivity contribution in [2.75, 3.05) is 37.9 Å². The van der Waals surface area contributed by atoms with E-state index >= 15 is 4.39 Å². The summed E-state index contributed by atoms with van der Waals surface area (Å²) in [6.45, 7) is 11.1. The van der Waals surface area contributed by atoms with E-state index in [1.807, 2.05) is 11.8 Å². The van der Waals surface area contributed by atoms with Crippen LogP contribution in [0.3, 0.4) is 0 Å². The molecular formula is C30H30F2N5O4P. The molecule has 1 aliphatic heterocycles. The largest absolute Gasteiger partial charge is 0.507 e. The van der Waals surface area contributed by atoms with Gasteiger partial charge in [-0.15, -0.1) is 0 Å². The molecule has 0 spiro atoms. The number of phenolic OH excluding ortho intramolecular Hbond substituents is 1. The van der Waals surface area contributed by atoms with Gasteiger partial charge in [0.15, 0.2) is 0 Å². The molecule has 0 bridgehead atoms. The summed E-state index contributed by atoms with van der Waals surface area (Å²) in [5.41, 5.74) is -0.209. The number of rotatable bonds is 5. The van der Waals surface area contributed by atoms with Gasteiger partial charge in [-0.1, -0.05) is 12.6 Å². The Hall–Kier alpha value is -4.37. The maximum atomic E-state index is 15.9. The van der Waals surface area contributed by atoms with Gasteiger partial charge in [-0.2, -0.15) is 4.98 Å². The van der Waals surface area contributed by atoms with Crippen molar-refractivity contribution < 1.29 is 23.2 Å². The van der Waals surface area contributed by atoms with E-state index in [-0.39, 0.29) is 50.9 Å². The van der Waals surface area contributed by atoms with E-state index in [9.17, 15) is 23.7 Å². The molecule has 1 fully saturated rings. The number of amides is 1. The Morgan fingerprint density at radius 2 is 1.90 bits per heavy atom. The number of phenols is 1. The summed E-state index contributed by atoms with van der Waals surface area (Å²) < 4.78 is 45.4. The van der Waals surface area contributed by atoms with Gasteiger partial charge in [0.1, 0.15) is 35.8 Å². The van der Waals surface area contributed by atoms with Crippen LogP contribution in [0.4, 0.5) is 14.6 Å². The molecule has 1 amide bonds. The Labute approximate surface area is 241 Å². The fourth-order valence-electron chi connectivity index (χ4n) is 5.44. The molecule has 5 rings (SSSR count). The number of hydrogen-bond acceptors (Lipinski definition) is 7. The quantitative estimate of drug-likeness (QED) is 0.273. The lowest BCUT2D eigenvalue weighted by Gasteiger charge is -2.40. The molecule has 0 radical (unpaired) electrons. The fraction of sp³-hybridized carbons (Fsp3) is 0.267. The van der Waals surface area contributed by atoms with E-state index in [4.69, 9.17) is 0 Å². The molecule has 4 aromatic rings. The predicted molar refractivity (Wildman–Crippen MR) is 160 cm³/mol. The first kappa shape index (κ1) is 29.1. The van der Waals surface area contributed by atoms with Crippen molar-refractivity contribution in [3.05, 3.63) is 82.9 Å². The number of nitrogens with zero attached hydrogens (tertiary/aromatic N) is 5. The van der Waals surface area contributed by atoms with Crippen LogP contribution in [0.15, 0.2) is 60.0 Å². The highest BCUT2D eigenvalue weighted by molar-refractivity contribution is 7.70. The van der Waals surface area contributed by atoms with Crippen molar-refractivity contribution in [3.63, 3.8) is 0 Å². The normalized spacial score (nSPS) is 15.7. The number of carbonyl (C=O) groups excluding carboxylic acids is 1. The molecule has 0 unspecified atom stereocenters. The maximum Gasteiger partial charge on any atom is 0.354 e. The Morgan fingerprint density at radius 3 is 2.55 bits per heavy atom.